The van der Waals surface area contributed by atoms with Crippen LogP contribution in [0.5, 0.6) is 0 Å². The van der Waals surface area contributed by atoms with Crippen molar-refractivity contribution in [2.24, 2.45) is 0 Å². The van der Waals surface area contributed by atoms with Crippen molar-refractivity contribution in [1.82, 2.24) is 10.6 Å². The van der Waals surface area contributed by atoms with Gasteiger partial charge in [0.15, 0.2) is 0 Å². The predicted molar refractivity (Wildman–Crippen MR) is 89.5 cm³/mol. The van der Waals surface area contributed by atoms with Crippen LogP contribution in [-0.4, -0.2) is 24.0 Å². The highest BCUT2D eigenvalue weighted by Crippen LogP contribution is 2.08. The highest BCUT2D eigenvalue weighted by molar-refractivity contribution is 5.76. The lowest BCUT2D eigenvalue weighted by molar-refractivity contribution is -0.122. The molecule has 0 bridgehead atoms. The van der Waals surface area contributed by atoms with E-state index in [9.17, 15) is 4.79 Å². The minimum Gasteiger partial charge on any atom is -0.351 e. The topological polar surface area (TPSA) is 41.1 Å². The number of aryl methyl sites for hydroxylation is 2. The molecule has 0 heterocycles. The van der Waals surface area contributed by atoms with Crippen LogP contribution in [0.1, 0.15) is 51.7 Å². The molecular formula is C18H30N2O. The van der Waals surface area contributed by atoms with Crippen molar-refractivity contribution in [3.63, 3.8) is 0 Å². The molecule has 0 saturated heterocycles. The molecule has 0 aliphatic heterocycles. The number of amides is 1. The second-order valence-corrected chi connectivity index (χ2v) is 6.93. The first-order chi connectivity index (χ1) is 9.76. The average molecular weight is 290 g/mol. The van der Waals surface area contributed by atoms with Crippen LogP contribution in [0.25, 0.3) is 0 Å². The number of carbonyl (C=O) groups excluding carboxylic acids is 1. The summed E-state index contributed by atoms with van der Waals surface area (Å²) in [6.45, 7) is 11.0. The SMILES string of the molecule is Cc1cccc(CCC(C)NCCC(=O)NC(C)(C)C)c1. The Bertz CT molecular complexity index is 449. The Morgan fingerprint density at radius 2 is 2.00 bits per heavy atom. The molecule has 1 aromatic rings. The van der Waals surface area contributed by atoms with Crippen LogP contribution in [0, 0.1) is 6.92 Å². The number of rotatable bonds is 7. The van der Waals surface area contributed by atoms with Crippen molar-refractivity contribution in [3.8, 4) is 0 Å². The minimum absolute atomic E-state index is 0.112. The lowest BCUT2D eigenvalue weighted by Gasteiger charge is -2.21. The predicted octanol–water partition coefficient (Wildman–Crippen LogP) is 3.21. The summed E-state index contributed by atoms with van der Waals surface area (Å²) in [7, 11) is 0. The van der Waals surface area contributed by atoms with Gasteiger partial charge >= 0.3 is 0 Å². The van der Waals surface area contributed by atoms with E-state index in [0.29, 0.717) is 12.5 Å². The fourth-order valence-electron chi connectivity index (χ4n) is 2.27. The van der Waals surface area contributed by atoms with Gasteiger partial charge in [0, 0.05) is 24.5 Å². The van der Waals surface area contributed by atoms with E-state index < -0.39 is 0 Å². The van der Waals surface area contributed by atoms with Crippen molar-refractivity contribution in [1.29, 1.82) is 0 Å². The molecule has 0 aliphatic carbocycles. The Kier molecular flexibility index (Phi) is 6.90. The fourth-order valence-corrected chi connectivity index (χ4v) is 2.27. The van der Waals surface area contributed by atoms with E-state index in [1.807, 2.05) is 20.8 Å². The standard InChI is InChI=1S/C18H30N2O/c1-14-7-6-8-16(13-14)10-9-15(2)19-12-11-17(21)20-18(3,4)5/h6-8,13,15,19H,9-12H2,1-5H3,(H,20,21). The zero-order valence-electron chi connectivity index (χ0n) is 14.1. The van der Waals surface area contributed by atoms with Crippen LogP contribution in [0.3, 0.4) is 0 Å². The maximum atomic E-state index is 11.7. The van der Waals surface area contributed by atoms with E-state index in [1.54, 1.807) is 0 Å². The molecule has 0 radical (unpaired) electrons. The van der Waals surface area contributed by atoms with E-state index in [0.717, 1.165) is 19.4 Å². The fraction of sp³-hybridized carbons (Fsp3) is 0.611. The summed E-state index contributed by atoms with van der Waals surface area (Å²) in [5.74, 6) is 0.112. The maximum Gasteiger partial charge on any atom is 0.221 e. The van der Waals surface area contributed by atoms with Crippen molar-refractivity contribution >= 4 is 5.91 Å². The number of carbonyl (C=O) groups is 1. The molecule has 1 atom stereocenters. The van der Waals surface area contributed by atoms with Crippen LogP contribution in [0.4, 0.5) is 0 Å². The largest absolute Gasteiger partial charge is 0.351 e. The quantitative estimate of drug-likeness (QED) is 0.809. The lowest BCUT2D eigenvalue weighted by Crippen LogP contribution is -2.42. The van der Waals surface area contributed by atoms with Gasteiger partial charge in [0.1, 0.15) is 0 Å². The lowest BCUT2D eigenvalue weighted by atomic mass is 10.0. The van der Waals surface area contributed by atoms with Crippen LogP contribution >= 0.6 is 0 Å². The summed E-state index contributed by atoms with van der Waals surface area (Å²) < 4.78 is 0. The Labute approximate surface area is 129 Å². The molecular weight excluding hydrogens is 260 g/mol. The number of benzene rings is 1. The van der Waals surface area contributed by atoms with Gasteiger partial charge in [-0.05, 0) is 53.0 Å². The third-order valence-corrected chi connectivity index (χ3v) is 3.31. The van der Waals surface area contributed by atoms with E-state index in [1.165, 1.54) is 11.1 Å². The average Bonchev–Trinajstić information content (AvgIpc) is 2.34. The van der Waals surface area contributed by atoms with E-state index >= 15 is 0 Å². The van der Waals surface area contributed by atoms with E-state index in [-0.39, 0.29) is 11.4 Å². The van der Waals surface area contributed by atoms with Crippen LogP contribution in [0.2, 0.25) is 0 Å². The first-order valence-corrected chi connectivity index (χ1v) is 7.86. The Balaban J connectivity index is 2.19. The first-order valence-electron chi connectivity index (χ1n) is 7.86. The molecule has 0 aromatic heterocycles. The van der Waals surface area contributed by atoms with Gasteiger partial charge in [0.05, 0.1) is 0 Å². The van der Waals surface area contributed by atoms with E-state index in [4.69, 9.17) is 0 Å². The third kappa shape index (κ3) is 8.51. The van der Waals surface area contributed by atoms with Gasteiger partial charge in [0.2, 0.25) is 5.91 Å². The third-order valence-electron chi connectivity index (χ3n) is 3.31. The van der Waals surface area contributed by atoms with Crippen molar-refractivity contribution in [3.05, 3.63) is 35.4 Å². The van der Waals surface area contributed by atoms with Crippen molar-refractivity contribution in [2.75, 3.05) is 6.54 Å². The van der Waals surface area contributed by atoms with Crippen LogP contribution in [-0.2, 0) is 11.2 Å². The Hall–Kier alpha value is -1.35. The highest BCUT2D eigenvalue weighted by atomic mass is 16.1. The molecule has 3 heteroatoms. The smallest absolute Gasteiger partial charge is 0.221 e. The summed E-state index contributed by atoms with van der Waals surface area (Å²) in [6.07, 6.45) is 2.69. The van der Waals surface area contributed by atoms with Crippen LogP contribution < -0.4 is 10.6 Å². The Morgan fingerprint density at radius 3 is 2.62 bits per heavy atom. The summed E-state index contributed by atoms with van der Waals surface area (Å²) in [5.41, 5.74) is 2.55. The molecule has 0 aliphatic rings. The minimum atomic E-state index is -0.145. The molecule has 21 heavy (non-hydrogen) atoms. The van der Waals surface area contributed by atoms with Gasteiger partial charge in [-0.25, -0.2) is 0 Å². The zero-order valence-corrected chi connectivity index (χ0v) is 14.1. The second kappa shape index (κ2) is 8.18. The molecule has 1 aromatic carbocycles. The Morgan fingerprint density at radius 1 is 1.29 bits per heavy atom. The number of hydrogen-bond acceptors (Lipinski definition) is 2. The second-order valence-electron chi connectivity index (χ2n) is 6.93. The van der Waals surface area contributed by atoms with Gasteiger partial charge < -0.3 is 10.6 Å². The zero-order chi connectivity index (χ0) is 15.9. The van der Waals surface area contributed by atoms with Gasteiger partial charge in [-0.15, -0.1) is 0 Å². The molecule has 118 valence electrons. The summed E-state index contributed by atoms with van der Waals surface area (Å²) in [4.78, 5) is 11.7. The van der Waals surface area contributed by atoms with Gasteiger partial charge in [-0.1, -0.05) is 29.8 Å². The molecule has 1 amide bonds. The molecule has 3 nitrogen and oxygen atoms in total. The molecule has 0 spiro atoms. The molecule has 0 fully saturated rings. The molecule has 0 saturated carbocycles. The van der Waals surface area contributed by atoms with Gasteiger partial charge in [-0.3, -0.25) is 4.79 Å². The number of nitrogens with one attached hydrogen (secondary N) is 2. The highest BCUT2D eigenvalue weighted by Gasteiger charge is 2.13. The summed E-state index contributed by atoms with van der Waals surface area (Å²) >= 11 is 0. The number of hydrogen-bond donors (Lipinski definition) is 2. The first kappa shape index (κ1) is 17.7. The molecule has 1 unspecified atom stereocenters. The van der Waals surface area contributed by atoms with Crippen molar-refractivity contribution in [2.45, 2.75) is 65.5 Å². The summed E-state index contributed by atoms with van der Waals surface area (Å²) in [5, 5.41) is 6.40. The molecule has 1 rings (SSSR count). The van der Waals surface area contributed by atoms with Crippen molar-refractivity contribution < 1.29 is 4.79 Å². The molecule has 2 N–H and O–H groups in total. The monoisotopic (exact) mass is 290 g/mol. The normalized spacial score (nSPS) is 13.0. The van der Waals surface area contributed by atoms with E-state index in [2.05, 4.69) is 48.7 Å². The van der Waals surface area contributed by atoms with Crippen LogP contribution in [0.15, 0.2) is 24.3 Å². The van der Waals surface area contributed by atoms with Gasteiger partial charge in [0.25, 0.3) is 0 Å². The van der Waals surface area contributed by atoms with Gasteiger partial charge in [-0.2, -0.15) is 0 Å². The maximum absolute atomic E-state index is 11.7. The summed E-state index contributed by atoms with van der Waals surface area (Å²) in [6, 6.07) is 9.08.